The van der Waals surface area contributed by atoms with E-state index in [2.05, 4.69) is 5.32 Å². The Morgan fingerprint density at radius 3 is 2.68 bits per heavy atom. The maximum absolute atomic E-state index is 12.8. The third-order valence-corrected chi connectivity index (χ3v) is 5.49. The van der Waals surface area contributed by atoms with Gasteiger partial charge in [-0.15, -0.1) is 0 Å². The quantitative estimate of drug-likeness (QED) is 0.490. The van der Waals surface area contributed by atoms with Crippen molar-refractivity contribution in [3.8, 4) is 17.3 Å². The lowest BCUT2D eigenvalue weighted by Gasteiger charge is -2.23. The van der Waals surface area contributed by atoms with Crippen molar-refractivity contribution >= 4 is 17.6 Å². The number of aryl methyl sites for hydroxylation is 1. The number of nitrogens with one attached hydrogen (secondary N) is 1. The van der Waals surface area contributed by atoms with Gasteiger partial charge in [-0.2, -0.15) is 5.10 Å². The first kappa shape index (κ1) is 21.2. The van der Waals surface area contributed by atoms with E-state index in [4.69, 9.17) is 21.4 Å². The van der Waals surface area contributed by atoms with Crippen molar-refractivity contribution in [2.45, 2.75) is 45.7 Å². The van der Waals surface area contributed by atoms with Crippen LogP contribution >= 0.6 is 11.6 Å². The van der Waals surface area contributed by atoms with Gasteiger partial charge in [-0.1, -0.05) is 42.8 Å². The third-order valence-electron chi connectivity index (χ3n) is 5.25. The van der Waals surface area contributed by atoms with Crippen molar-refractivity contribution in [2.24, 2.45) is 0 Å². The number of aromatic nitrogens is 2. The number of urea groups is 1. The Kier molecular flexibility index (Phi) is 6.47. The molecule has 6 nitrogen and oxygen atoms in total. The van der Waals surface area contributed by atoms with Crippen molar-refractivity contribution in [3.63, 3.8) is 0 Å². The van der Waals surface area contributed by atoms with E-state index < -0.39 is 0 Å². The molecule has 2 amide bonds. The van der Waals surface area contributed by atoms with Crippen LogP contribution in [0.5, 0.6) is 11.6 Å². The highest BCUT2D eigenvalue weighted by Gasteiger charge is 2.34. The minimum absolute atomic E-state index is 0.0371. The first-order chi connectivity index (χ1) is 15.1. The molecule has 0 unspecified atom stereocenters. The van der Waals surface area contributed by atoms with E-state index in [-0.39, 0.29) is 12.1 Å². The van der Waals surface area contributed by atoms with Crippen LogP contribution in [0.2, 0.25) is 5.02 Å². The average Bonchev–Trinajstić information content (AvgIpc) is 3.56. The molecule has 0 spiro atoms. The summed E-state index contributed by atoms with van der Waals surface area (Å²) in [6.45, 7) is 5.10. The molecule has 1 aliphatic carbocycles. The van der Waals surface area contributed by atoms with Crippen molar-refractivity contribution in [3.05, 3.63) is 70.9 Å². The predicted molar refractivity (Wildman–Crippen MR) is 122 cm³/mol. The Morgan fingerprint density at radius 1 is 1.23 bits per heavy atom. The zero-order valence-electron chi connectivity index (χ0n) is 17.8. The van der Waals surface area contributed by atoms with Gasteiger partial charge in [0.25, 0.3) is 0 Å². The van der Waals surface area contributed by atoms with Gasteiger partial charge >= 0.3 is 6.03 Å². The van der Waals surface area contributed by atoms with Crippen LogP contribution in [0.4, 0.5) is 4.79 Å². The lowest BCUT2D eigenvalue weighted by atomic mass is 10.2. The van der Waals surface area contributed by atoms with Crippen molar-refractivity contribution in [2.75, 3.05) is 6.54 Å². The smallest absolute Gasteiger partial charge is 0.317 e. The molecule has 1 N–H and O–H groups in total. The van der Waals surface area contributed by atoms with E-state index in [0.717, 1.165) is 36.2 Å². The summed E-state index contributed by atoms with van der Waals surface area (Å²) in [6, 6.07) is 17.3. The summed E-state index contributed by atoms with van der Waals surface area (Å²) in [5.74, 6) is 1.31. The molecule has 7 heteroatoms. The van der Waals surface area contributed by atoms with Crippen LogP contribution in [0, 0.1) is 6.92 Å². The fraction of sp³-hybridized carbons (Fsp3) is 0.333. The van der Waals surface area contributed by atoms with Gasteiger partial charge in [0.05, 0.1) is 23.5 Å². The number of carbonyl (C=O) groups is 1. The van der Waals surface area contributed by atoms with Crippen LogP contribution < -0.4 is 10.1 Å². The van der Waals surface area contributed by atoms with E-state index in [1.807, 2.05) is 73.3 Å². The zero-order valence-corrected chi connectivity index (χ0v) is 18.6. The van der Waals surface area contributed by atoms with Gasteiger partial charge in [0, 0.05) is 17.6 Å². The molecule has 1 fully saturated rings. The van der Waals surface area contributed by atoms with Crippen LogP contribution in [0.3, 0.4) is 0 Å². The third kappa shape index (κ3) is 5.02. The van der Waals surface area contributed by atoms with Crippen LogP contribution in [0.25, 0.3) is 5.69 Å². The van der Waals surface area contributed by atoms with Crippen molar-refractivity contribution < 1.29 is 9.53 Å². The molecule has 1 heterocycles. The maximum atomic E-state index is 12.8. The fourth-order valence-electron chi connectivity index (χ4n) is 3.47. The summed E-state index contributed by atoms with van der Waals surface area (Å²) in [7, 11) is 0. The SMILES string of the molecule is CCCNC(=O)N(Cc1c(C)nn(-c2cccc(Cl)c2)c1Oc1ccccc1)C1CC1. The van der Waals surface area contributed by atoms with Gasteiger partial charge in [-0.3, -0.25) is 0 Å². The normalized spacial score (nSPS) is 13.1. The molecule has 0 saturated heterocycles. The second-order valence-electron chi connectivity index (χ2n) is 7.77. The van der Waals surface area contributed by atoms with Crippen molar-refractivity contribution in [1.29, 1.82) is 0 Å². The van der Waals surface area contributed by atoms with Crippen LogP contribution in [0.15, 0.2) is 54.6 Å². The summed E-state index contributed by atoms with van der Waals surface area (Å²) >= 11 is 6.23. The molecule has 2 aromatic carbocycles. The van der Waals surface area contributed by atoms with Gasteiger partial charge in [0.2, 0.25) is 5.88 Å². The highest BCUT2D eigenvalue weighted by atomic mass is 35.5. The predicted octanol–water partition coefficient (Wildman–Crippen LogP) is 5.71. The lowest BCUT2D eigenvalue weighted by molar-refractivity contribution is 0.191. The minimum Gasteiger partial charge on any atom is -0.439 e. The number of halogens is 1. The lowest BCUT2D eigenvalue weighted by Crippen LogP contribution is -2.41. The Labute approximate surface area is 187 Å². The number of benzene rings is 2. The summed E-state index contributed by atoms with van der Waals surface area (Å²) in [5.41, 5.74) is 2.52. The highest BCUT2D eigenvalue weighted by Crippen LogP contribution is 2.35. The zero-order chi connectivity index (χ0) is 21.8. The Morgan fingerprint density at radius 2 is 2.00 bits per heavy atom. The van der Waals surface area contributed by atoms with Crippen LogP contribution in [-0.2, 0) is 6.54 Å². The number of ether oxygens (including phenoxy) is 1. The summed E-state index contributed by atoms with van der Waals surface area (Å²) in [6.07, 6.45) is 2.95. The van der Waals surface area contributed by atoms with Crippen molar-refractivity contribution in [1.82, 2.24) is 20.0 Å². The minimum atomic E-state index is -0.0371. The van der Waals surface area contributed by atoms with E-state index in [0.29, 0.717) is 29.7 Å². The van der Waals surface area contributed by atoms with Gasteiger partial charge in [0.15, 0.2) is 0 Å². The van der Waals surface area contributed by atoms with Gasteiger partial charge < -0.3 is 15.0 Å². The molecule has 4 rings (SSSR count). The van der Waals surface area contributed by atoms with Gasteiger partial charge in [-0.25, -0.2) is 9.48 Å². The second kappa shape index (κ2) is 9.43. The number of para-hydroxylation sites is 1. The molecule has 162 valence electrons. The summed E-state index contributed by atoms with van der Waals surface area (Å²) in [5, 5.41) is 8.38. The number of hydrogen-bond acceptors (Lipinski definition) is 3. The summed E-state index contributed by atoms with van der Waals surface area (Å²) < 4.78 is 8.08. The molecule has 0 radical (unpaired) electrons. The molecule has 1 aromatic heterocycles. The molecule has 0 aliphatic heterocycles. The van der Waals surface area contributed by atoms with Gasteiger partial charge in [0.1, 0.15) is 5.75 Å². The second-order valence-corrected chi connectivity index (χ2v) is 8.20. The maximum Gasteiger partial charge on any atom is 0.317 e. The molecule has 1 saturated carbocycles. The van der Waals surface area contributed by atoms with E-state index >= 15 is 0 Å². The highest BCUT2D eigenvalue weighted by molar-refractivity contribution is 6.30. The molecule has 0 atom stereocenters. The molecular weight excluding hydrogens is 412 g/mol. The van der Waals surface area contributed by atoms with Crippen LogP contribution in [0.1, 0.15) is 37.4 Å². The first-order valence-electron chi connectivity index (χ1n) is 10.7. The molecular formula is C24H27ClN4O2. The van der Waals surface area contributed by atoms with E-state index in [1.165, 1.54) is 0 Å². The number of nitrogens with zero attached hydrogens (tertiary/aromatic N) is 3. The van der Waals surface area contributed by atoms with Gasteiger partial charge in [-0.05, 0) is 56.5 Å². The first-order valence-corrected chi connectivity index (χ1v) is 11.1. The summed E-state index contributed by atoms with van der Waals surface area (Å²) in [4.78, 5) is 14.7. The average molecular weight is 439 g/mol. The Balaban J connectivity index is 1.73. The topological polar surface area (TPSA) is 59.4 Å². The number of hydrogen-bond donors (Lipinski definition) is 1. The number of rotatable bonds is 8. The van der Waals surface area contributed by atoms with E-state index in [1.54, 1.807) is 4.68 Å². The largest absolute Gasteiger partial charge is 0.439 e. The Bertz CT molecular complexity index is 1050. The Hall–Kier alpha value is -2.99. The number of carbonyl (C=O) groups excluding carboxylic acids is 1. The molecule has 31 heavy (non-hydrogen) atoms. The molecule has 3 aromatic rings. The molecule has 1 aliphatic rings. The molecule has 0 bridgehead atoms. The number of amides is 2. The fourth-order valence-corrected chi connectivity index (χ4v) is 3.65. The van der Waals surface area contributed by atoms with Crippen LogP contribution in [-0.4, -0.2) is 33.3 Å². The van der Waals surface area contributed by atoms with E-state index in [9.17, 15) is 4.79 Å². The monoisotopic (exact) mass is 438 g/mol. The standard InChI is InChI=1S/C24H27ClN4O2/c1-3-14-26-24(30)28(19-12-13-19)16-22-17(2)27-29(20-9-7-8-18(25)15-20)23(22)31-21-10-5-4-6-11-21/h4-11,15,19H,3,12-14,16H2,1-2H3,(H,26,30).